The van der Waals surface area contributed by atoms with E-state index in [0.29, 0.717) is 27.1 Å². The lowest BCUT2D eigenvalue weighted by Gasteiger charge is -2.13. The predicted molar refractivity (Wildman–Crippen MR) is 82.0 cm³/mol. The van der Waals surface area contributed by atoms with Crippen LogP contribution in [0.25, 0.3) is 0 Å². The summed E-state index contributed by atoms with van der Waals surface area (Å²) in [5, 5.41) is 10.8. The van der Waals surface area contributed by atoms with Crippen LogP contribution in [0.3, 0.4) is 0 Å². The number of halogens is 3. The molecule has 0 fully saturated rings. The highest BCUT2D eigenvalue weighted by Gasteiger charge is 2.21. The molecule has 2 aromatic carbocycles. The Hall–Kier alpha value is -1.22. The molecule has 0 amide bonds. The predicted octanol–water partition coefficient (Wildman–Crippen LogP) is 5.06. The molecule has 2 nitrogen and oxygen atoms in total. The van der Waals surface area contributed by atoms with Gasteiger partial charge in [0.15, 0.2) is 0 Å². The molecule has 0 aromatic heterocycles. The number of carboxylic acid groups (broad SMARTS) is 1. The standard InChI is InChI=1S/C15H11Cl3O2/c16-11-4-1-9(2-5-11)7-12(15(19)20)10-3-6-13(17)14(18)8-10/h1-6,8,12H,7H2,(H,19,20). The minimum Gasteiger partial charge on any atom is -0.481 e. The van der Waals surface area contributed by atoms with Gasteiger partial charge in [-0.05, 0) is 41.8 Å². The lowest BCUT2D eigenvalue weighted by atomic mass is 9.92. The van der Waals surface area contributed by atoms with Gasteiger partial charge in [-0.2, -0.15) is 0 Å². The molecular formula is C15H11Cl3O2. The van der Waals surface area contributed by atoms with E-state index < -0.39 is 11.9 Å². The largest absolute Gasteiger partial charge is 0.481 e. The first-order valence-corrected chi connectivity index (χ1v) is 7.03. The number of hydrogen-bond acceptors (Lipinski definition) is 1. The molecular weight excluding hydrogens is 319 g/mol. The molecule has 0 aliphatic carbocycles. The first-order valence-electron chi connectivity index (χ1n) is 5.89. The fraction of sp³-hybridized carbons (Fsp3) is 0.133. The summed E-state index contributed by atoms with van der Waals surface area (Å²) in [4.78, 5) is 11.5. The highest BCUT2D eigenvalue weighted by Crippen LogP contribution is 2.29. The normalized spacial score (nSPS) is 12.2. The van der Waals surface area contributed by atoms with Gasteiger partial charge in [0.25, 0.3) is 0 Å². The first-order chi connectivity index (χ1) is 9.47. The summed E-state index contributed by atoms with van der Waals surface area (Å²) in [7, 11) is 0. The third kappa shape index (κ3) is 3.66. The molecule has 1 unspecified atom stereocenters. The summed E-state index contributed by atoms with van der Waals surface area (Å²) in [5.74, 6) is -1.58. The van der Waals surface area contributed by atoms with Gasteiger partial charge in [0, 0.05) is 5.02 Å². The molecule has 0 aliphatic rings. The second-order valence-electron chi connectivity index (χ2n) is 4.39. The Bertz CT molecular complexity index is 624. The Morgan fingerprint density at radius 2 is 1.65 bits per heavy atom. The zero-order valence-electron chi connectivity index (χ0n) is 10.3. The van der Waals surface area contributed by atoms with Gasteiger partial charge >= 0.3 is 5.97 Å². The molecule has 5 heteroatoms. The second kappa shape index (κ2) is 6.49. The van der Waals surface area contributed by atoms with Crippen LogP contribution < -0.4 is 0 Å². The zero-order valence-corrected chi connectivity index (χ0v) is 12.6. The van der Waals surface area contributed by atoms with Gasteiger partial charge < -0.3 is 5.11 Å². The number of aliphatic carboxylic acids is 1. The lowest BCUT2D eigenvalue weighted by Crippen LogP contribution is -2.14. The van der Waals surface area contributed by atoms with Gasteiger partial charge in [-0.3, -0.25) is 4.79 Å². The Balaban J connectivity index is 2.29. The van der Waals surface area contributed by atoms with Gasteiger partial charge in [-0.25, -0.2) is 0 Å². The van der Waals surface area contributed by atoms with Crippen molar-refractivity contribution in [2.45, 2.75) is 12.3 Å². The van der Waals surface area contributed by atoms with Crippen molar-refractivity contribution < 1.29 is 9.90 Å². The average molecular weight is 330 g/mol. The van der Waals surface area contributed by atoms with Crippen molar-refractivity contribution in [3.63, 3.8) is 0 Å². The van der Waals surface area contributed by atoms with Crippen LogP contribution >= 0.6 is 34.8 Å². The number of rotatable bonds is 4. The Labute approximate surface area is 131 Å². The summed E-state index contributed by atoms with van der Waals surface area (Å²) in [5.41, 5.74) is 1.52. The van der Waals surface area contributed by atoms with Crippen molar-refractivity contribution >= 4 is 40.8 Å². The van der Waals surface area contributed by atoms with E-state index in [4.69, 9.17) is 34.8 Å². The van der Waals surface area contributed by atoms with Gasteiger partial charge in [-0.15, -0.1) is 0 Å². The van der Waals surface area contributed by atoms with Gasteiger partial charge in [0.2, 0.25) is 0 Å². The number of hydrogen-bond donors (Lipinski definition) is 1. The van der Waals surface area contributed by atoms with E-state index in [2.05, 4.69) is 0 Å². The van der Waals surface area contributed by atoms with Crippen LogP contribution in [0, 0.1) is 0 Å². The number of carboxylic acids is 1. The average Bonchev–Trinajstić information content (AvgIpc) is 2.41. The van der Waals surface area contributed by atoms with Crippen molar-refractivity contribution in [2.24, 2.45) is 0 Å². The summed E-state index contributed by atoms with van der Waals surface area (Å²) >= 11 is 17.6. The molecule has 0 bridgehead atoms. The Morgan fingerprint density at radius 1 is 1.00 bits per heavy atom. The van der Waals surface area contributed by atoms with Gasteiger partial charge in [0.1, 0.15) is 0 Å². The number of carbonyl (C=O) groups is 1. The number of benzene rings is 2. The van der Waals surface area contributed by atoms with E-state index in [1.165, 1.54) is 0 Å². The molecule has 0 spiro atoms. The van der Waals surface area contributed by atoms with Crippen LogP contribution in [0.15, 0.2) is 42.5 Å². The van der Waals surface area contributed by atoms with Crippen LogP contribution in [0.5, 0.6) is 0 Å². The molecule has 2 aromatic rings. The maximum absolute atomic E-state index is 11.5. The fourth-order valence-corrected chi connectivity index (χ4v) is 2.37. The third-order valence-electron chi connectivity index (χ3n) is 3.00. The molecule has 0 saturated carbocycles. The smallest absolute Gasteiger partial charge is 0.311 e. The highest BCUT2D eigenvalue weighted by molar-refractivity contribution is 6.42. The van der Waals surface area contributed by atoms with Crippen LogP contribution in [-0.2, 0) is 11.2 Å². The van der Waals surface area contributed by atoms with E-state index in [1.807, 2.05) is 12.1 Å². The molecule has 0 aliphatic heterocycles. The van der Waals surface area contributed by atoms with Crippen molar-refractivity contribution in [1.82, 2.24) is 0 Å². The molecule has 0 saturated heterocycles. The first kappa shape index (κ1) is 15.2. The van der Waals surface area contributed by atoms with Crippen molar-refractivity contribution in [3.05, 3.63) is 68.7 Å². The van der Waals surface area contributed by atoms with E-state index >= 15 is 0 Å². The molecule has 20 heavy (non-hydrogen) atoms. The minimum atomic E-state index is -0.904. The minimum absolute atomic E-state index is 0.353. The van der Waals surface area contributed by atoms with E-state index in [0.717, 1.165) is 5.56 Å². The molecule has 1 atom stereocenters. The molecule has 2 rings (SSSR count). The maximum atomic E-state index is 11.5. The monoisotopic (exact) mass is 328 g/mol. The van der Waals surface area contributed by atoms with Gasteiger partial charge in [-0.1, -0.05) is 53.0 Å². The second-order valence-corrected chi connectivity index (χ2v) is 5.65. The van der Waals surface area contributed by atoms with Gasteiger partial charge in [0.05, 0.1) is 16.0 Å². The lowest BCUT2D eigenvalue weighted by molar-refractivity contribution is -0.138. The summed E-state index contributed by atoms with van der Waals surface area (Å²) in [6, 6.07) is 12.0. The molecule has 1 N–H and O–H groups in total. The summed E-state index contributed by atoms with van der Waals surface area (Å²) in [6.07, 6.45) is 0.366. The van der Waals surface area contributed by atoms with E-state index in [9.17, 15) is 9.90 Å². The molecule has 0 radical (unpaired) electrons. The summed E-state index contributed by atoms with van der Waals surface area (Å²) in [6.45, 7) is 0. The van der Waals surface area contributed by atoms with Crippen molar-refractivity contribution in [2.75, 3.05) is 0 Å². The van der Waals surface area contributed by atoms with E-state index in [-0.39, 0.29) is 0 Å². The highest BCUT2D eigenvalue weighted by atomic mass is 35.5. The van der Waals surface area contributed by atoms with Crippen LogP contribution in [0.4, 0.5) is 0 Å². The van der Waals surface area contributed by atoms with Crippen molar-refractivity contribution in [3.8, 4) is 0 Å². The topological polar surface area (TPSA) is 37.3 Å². The Morgan fingerprint density at radius 3 is 2.20 bits per heavy atom. The Kier molecular flexibility index (Phi) is 4.92. The molecule has 0 heterocycles. The molecule has 104 valence electrons. The van der Waals surface area contributed by atoms with Crippen molar-refractivity contribution in [1.29, 1.82) is 0 Å². The SMILES string of the molecule is O=C(O)C(Cc1ccc(Cl)cc1)c1ccc(Cl)c(Cl)c1. The fourth-order valence-electron chi connectivity index (χ4n) is 1.93. The van der Waals surface area contributed by atoms with Crippen LogP contribution in [0.2, 0.25) is 15.1 Å². The maximum Gasteiger partial charge on any atom is 0.311 e. The third-order valence-corrected chi connectivity index (χ3v) is 3.99. The van der Waals surface area contributed by atoms with Crippen LogP contribution in [-0.4, -0.2) is 11.1 Å². The zero-order chi connectivity index (χ0) is 14.7. The summed E-state index contributed by atoms with van der Waals surface area (Å²) < 4.78 is 0. The van der Waals surface area contributed by atoms with Crippen LogP contribution in [0.1, 0.15) is 17.0 Å². The quantitative estimate of drug-likeness (QED) is 0.851. The van der Waals surface area contributed by atoms with E-state index in [1.54, 1.807) is 30.3 Å².